The molecule has 4 N–H and O–H groups in total. The number of carbonyl (C=O) groups is 3. The van der Waals surface area contributed by atoms with Crippen LogP contribution in [0.2, 0.25) is 0 Å². The number of nitrogens with one attached hydrogen (secondary N) is 2. The fraction of sp³-hybridized carbons (Fsp3) is 0.550. The van der Waals surface area contributed by atoms with E-state index in [0.717, 1.165) is 5.56 Å². The average Bonchev–Trinajstić information content (AvgIpc) is 2.55. The Labute approximate surface area is 165 Å². The van der Waals surface area contributed by atoms with Crippen LogP contribution in [0, 0.1) is 5.82 Å². The zero-order valence-electron chi connectivity index (χ0n) is 17.1. The second-order valence-corrected chi connectivity index (χ2v) is 7.93. The zero-order chi connectivity index (χ0) is 21.5. The number of rotatable bonds is 8. The van der Waals surface area contributed by atoms with Crippen LogP contribution in [0.25, 0.3) is 0 Å². The molecule has 0 fully saturated rings. The van der Waals surface area contributed by atoms with Gasteiger partial charge in [-0.2, -0.15) is 0 Å². The molecule has 1 unspecified atom stereocenters. The van der Waals surface area contributed by atoms with Gasteiger partial charge in [-0.15, -0.1) is 0 Å². The fourth-order valence-corrected chi connectivity index (χ4v) is 2.38. The SMILES string of the molecule is CC(C)c1ccc(CNC(=O)C(CCC(N)=O)NC(=O)OC(C)(C)C)c(F)c1. The molecular weight excluding hydrogens is 365 g/mol. The molecule has 28 heavy (non-hydrogen) atoms. The molecule has 0 saturated carbocycles. The summed E-state index contributed by atoms with van der Waals surface area (Å²) in [5, 5.41) is 5.01. The van der Waals surface area contributed by atoms with E-state index in [1.807, 2.05) is 13.8 Å². The number of halogens is 1. The van der Waals surface area contributed by atoms with Gasteiger partial charge in [0.05, 0.1) is 0 Å². The van der Waals surface area contributed by atoms with Crippen LogP contribution >= 0.6 is 0 Å². The van der Waals surface area contributed by atoms with Crippen LogP contribution in [-0.4, -0.2) is 29.6 Å². The lowest BCUT2D eigenvalue weighted by Gasteiger charge is -2.23. The lowest BCUT2D eigenvalue weighted by Crippen LogP contribution is -2.48. The van der Waals surface area contributed by atoms with E-state index >= 15 is 0 Å². The fourth-order valence-electron chi connectivity index (χ4n) is 2.38. The number of hydrogen-bond donors (Lipinski definition) is 3. The molecule has 1 aromatic rings. The van der Waals surface area contributed by atoms with Gasteiger partial charge in [0.2, 0.25) is 11.8 Å². The summed E-state index contributed by atoms with van der Waals surface area (Å²) in [5.41, 5.74) is 5.58. The van der Waals surface area contributed by atoms with Crippen molar-refractivity contribution in [2.45, 2.75) is 71.6 Å². The van der Waals surface area contributed by atoms with Crippen molar-refractivity contribution >= 4 is 17.9 Å². The Morgan fingerprint density at radius 1 is 1.21 bits per heavy atom. The van der Waals surface area contributed by atoms with Gasteiger partial charge in [0.25, 0.3) is 0 Å². The summed E-state index contributed by atoms with van der Waals surface area (Å²) in [6, 6.07) is 3.83. The van der Waals surface area contributed by atoms with E-state index in [2.05, 4.69) is 10.6 Å². The van der Waals surface area contributed by atoms with E-state index < -0.39 is 35.4 Å². The van der Waals surface area contributed by atoms with Crippen molar-refractivity contribution in [2.75, 3.05) is 0 Å². The minimum Gasteiger partial charge on any atom is -0.444 e. The highest BCUT2D eigenvalue weighted by atomic mass is 19.1. The van der Waals surface area contributed by atoms with Gasteiger partial charge in [0.15, 0.2) is 0 Å². The predicted molar refractivity (Wildman–Crippen MR) is 104 cm³/mol. The molecule has 0 aliphatic heterocycles. The summed E-state index contributed by atoms with van der Waals surface area (Å²) >= 11 is 0. The normalized spacial score (nSPS) is 12.4. The molecule has 0 saturated heterocycles. The first kappa shape index (κ1) is 23.4. The third kappa shape index (κ3) is 8.37. The van der Waals surface area contributed by atoms with Crippen molar-refractivity contribution in [3.05, 3.63) is 35.1 Å². The number of carbonyl (C=O) groups excluding carboxylic acids is 3. The summed E-state index contributed by atoms with van der Waals surface area (Å²) in [6.07, 6.45) is -0.870. The van der Waals surface area contributed by atoms with Gasteiger partial charge in [0, 0.05) is 18.5 Å². The molecule has 8 heteroatoms. The van der Waals surface area contributed by atoms with E-state index in [1.54, 1.807) is 32.9 Å². The van der Waals surface area contributed by atoms with Gasteiger partial charge in [-0.3, -0.25) is 9.59 Å². The van der Waals surface area contributed by atoms with Crippen LogP contribution in [-0.2, 0) is 20.9 Å². The van der Waals surface area contributed by atoms with Gasteiger partial charge in [-0.05, 0) is 44.7 Å². The second-order valence-electron chi connectivity index (χ2n) is 7.93. The first-order valence-electron chi connectivity index (χ1n) is 9.23. The van der Waals surface area contributed by atoms with Gasteiger partial charge >= 0.3 is 6.09 Å². The Morgan fingerprint density at radius 3 is 2.36 bits per heavy atom. The third-order valence-corrected chi connectivity index (χ3v) is 3.88. The molecule has 1 rings (SSSR count). The van der Waals surface area contributed by atoms with Crippen LogP contribution in [0.5, 0.6) is 0 Å². The number of amides is 3. The van der Waals surface area contributed by atoms with E-state index in [0.29, 0.717) is 5.56 Å². The van der Waals surface area contributed by atoms with E-state index in [1.165, 1.54) is 6.07 Å². The molecule has 0 bridgehead atoms. The lowest BCUT2D eigenvalue weighted by atomic mass is 10.0. The molecule has 1 atom stereocenters. The van der Waals surface area contributed by atoms with Gasteiger partial charge in [-0.1, -0.05) is 26.0 Å². The first-order valence-corrected chi connectivity index (χ1v) is 9.23. The second kappa shape index (κ2) is 10.1. The minimum atomic E-state index is -1.03. The monoisotopic (exact) mass is 395 g/mol. The zero-order valence-corrected chi connectivity index (χ0v) is 17.1. The largest absolute Gasteiger partial charge is 0.444 e. The molecule has 0 aliphatic rings. The predicted octanol–water partition coefficient (Wildman–Crippen LogP) is 2.72. The number of primary amides is 1. The highest BCUT2D eigenvalue weighted by Gasteiger charge is 2.24. The third-order valence-electron chi connectivity index (χ3n) is 3.88. The molecule has 7 nitrogen and oxygen atoms in total. The number of ether oxygens (including phenoxy) is 1. The quantitative estimate of drug-likeness (QED) is 0.628. The number of nitrogens with two attached hydrogens (primary N) is 1. The Bertz CT molecular complexity index is 714. The van der Waals surface area contributed by atoms with Gasteiger partial charge in [0.1, 0.15) is 17.5 Å². The smallest absolute Gasteiger partial charge is 0.408 e. The molecular formula is C20H30FN3O4. The van der Waals surface area contributed by atoms with Crippen molar-refractivity contribution in [1.29, 1.82) is 0 Å². The van der Waals surface area contributed by atoms with Gasteiger partial charge in [-0.25, -0.2) is 9.18 Å². The summed E-state index contributed by atoms with van der Waals surface area (Å²) in [5.74, 6) is -1.38. The molecule has 0 radical (unpaired) electrons. The van der Waals surface area contributed by atoms with E-state index in [-0.39, 0.29) is 25.3 Å². The minimum absolute atomic E-state index is 0.00911. The summed E-state index contributed by atoms with van der Waals surface area (Å²) in [6.45, 7) is 8.94. The lowest BCUT2D eigenvalue weighted by molar-refractivity contribution is -0.124. The molecule has 0 heterocycles. The number of benzene rings is 1. The summed E-state index contributed by atoms with van der Waals surface area (Å²) in [4.78, 5) is 35.5. The van der Waals surface area contributed by atoms with Crippen LogP contribution in [0.3, 0.4) is 0 Å². The van der Waals surface area contributed by atoms with Crippen LogP contribution in [0.15, 0.2) is 18.2 Å². The molecule has 0 aliphatic carbocycles. The molecule has 156 valence electrons. The van der Waals surface area contributed by atoms with E-state index in [9.17, 15) is 18.8 Å². The molecule has 3 amide bonds. The maximum atomic E-state index is 14.2. The van der Waals surface area contributed by atoms with E-state index in [4.69, 9.17) is 10.5 Å². The summed E-state index contributed by atoms with van der Waals surface area (Å²) in [7, 11) is 0. The van der Waals surface area contributed by atoms with Crippen molar-refractivity contribution in [2.24, 2.45) is 5.73 Å². The maximum Gasteiger partial charge on any atom is 0.408 e. The van der Waals surface area contributed by atoms with Crippen molar-refractivity contribution in [3.63, 3.8) is 0 Å². The van der Waals surface area contributed by atoms with Crippen LogP contribution in [0.4, 0.5) is 9.18 Å². The standard InChI is InChI=1S/C20H30FN3O4/c1-12(2)13-6-7-14(15(21)10-13)11-23-18(26)16(8-9-17(22)25)24-19(27)28-20(3,4)5/h6-7,10,12,16H,8-9,11H2,1-5H3,(H2,22,25)(H,23,26)(H,24,27). The van der Waals surface area contributed by atoms with Gasteiger partial charge < -0.3 is 21.1 Å². The Morgan fingerprint density at radius 2 is 1.86 bits per heavy atom. The molecule has 0 spiro atoms. The molecule has 1 aromatic carbocycles. The highest BCUT2D eigenvalue weighted by molar-refractivity contribution is 5.86. The topological polar surface area (TPSA) is 111 Å². The first-order chi connectivity index (χ1) is 12.9. The molecule has 0 aromatic heterocycles. The Hall–Kier alpha value is -2.64. The van der Waals surface area contributed by atoms with Crippen molar-refractivity contribution in [3.8, 4) is 0 Å². The van der Waals surface area contributed by atoms with Crippen molar-refractivity contribution in [1.82, 2.24) is 10.6 Å². The Balaban J connectivity index is 2.77. The summed E-state index contributed by atoms with van der Waals surface area (Å²) < 4.78 is 19.3. The highest BCUT2D eigenvalue weighted by Crippen LogP contribution is 2.18. The maximum absolute atomic E-state index is 14.2. The average molecular weight is 395 g/mol. The van der Waals surface area contributed by atoms with Crippen LogP contribution in [0.1, 0.15) is 64.5 Å². The Kier molecular flexibility index (Phi) is 8.40. The number of hydrogen-bond acceptors (Lipinski definition) is 4. The van der Waals surface area contributed by atoms with Crippen molar-refractivity contribution < 1.29 is 23.5 Å². The van der Waals surface area contributed by atoms with Crippen LogP contribution < -0.4 is 16.4 Å². The number of alkyl carbamates (subject to hydrolysis) is 1.